The van der Waals surface area contributed by atoms with Gasteiger partial charge in [-0.05, 0) is 51.7 Å². The molecule has 25 heavy (non-hydrogen) atoms. The minimum atomic E-state index is -0.665. The van der Waals surface area contributed by atoms with Crippen LogP contribution in [-0.2, 0) is 13.0 Å². The lowest BCUT2D eigenvalue weighted by Gasteiger charge is -2.58. The third kappa shape index (κ3) is 4.13. The van der Waals surface area contributed by atoms with E-state index >= 15 is 0 Å². The van der Waals surface area contributed by atoms with Gasteiger partial charge in [0.2, 0.25) is 0 Å². The summed E-state index contributed by atoms with van der Waals surface area (Å²) in [6.07, 6.45) is 2.29. The van der Waals surface area contributed by atoms with Crippen LogP contribution in [0.15, 0.2) is 60.7 Å². The molecular formula is C23H31NO. The lowest BCUT2D eigenvalue weighted by atomic mass is 9.68. The summed E-state index contributed by atoms with van der Waals surface area (Å²) in [5, 5.41) is 11.5. The summed E-state index contributed by atoms with van der Waals surface area (Å²) in [6, 6.07) is 21.0. The third-order valence-electron chi connectivity index (χ3n) is 5.54. The highest BCUT2D eigenvalue weighted by Crippen LogP contribution is 2.45. The summed E-state index contributed by atoms with van der Waals surface area (Å²) in [4.78, 5) is 2.56. The summed E-state index contributed by atoms with van der Waals surface area (Å²) in [5.41, 5.74) is 1.74. The Balaban J connectivity index is 1.83. The van der Waals surface area contributed by atoms with E-state index in [0.717, 1.165) is 25.8 Å². The Labute approximate surface area is 152 Å². The van der Waals surface area contributed by atoms with E-state index in [9.17, 15) is 5.11 Å². The summed E-state index contributed by atoms with van der Waals surface area (Å²) in [5.74, 6) is 0. The summed E-state index contributed by atoms with van der Waals surface area (Å²) in [6.45, 7) is 10.0. The molecule has 0 saturated carbocycles. The zero-order valence-electron chi connectivity index (χ0n) is 16.0. The number of benzene rings is 2. The van der Waals surface area contributed by atoms with Crippen molar-refractivity contribution in [2.75, 3.05) is 0 Å². The molecule has 3 rings (SSSR count). The number of nitrogens with zero attached hydrogens (tertiary/aromatic N) is 1. The maximum atomic E-state index is 11.5. The van der Waals surface area contributed by atoms with Gasteiger partial charge in [-0.25, -0.2) is 0 Å². The van der Waals surface area contributed by atoms with E-state index in [1.54, 1.807) is 0 Å². The van der Waals surface area contributed by atoms with Crippen molar-refractivity contribution in [3.05, 3.63) is 71.8 Å². The average Bonchev–Trinajstić information content (AvgIpc) is 2.51. The first-order valence-electron chi connectivity index (χ1n) is 9.28. The fourth-order valence-electron chi connectivity index (χ4n) is 4.98. The maximum absolute atomic E-state index is 11.5. The van der Waals surface area contributed by atoms with Crippen molar-refractivity contribution >= 4 is 0 Å². The Morgan fingerprint density at radius 1 is 0.760 bits per heavy atom. The summed E-state index contributed by atoms with van der Waals surface area (Å²) < 4.78 is 0. The highest BCUT2D eigenvalue weighted by Gasteiger charge is 2.51. The van der Waals surface area contributed by atoms with Gasteiger partial charge in [-0.3, -0.25) is 4.90 Å². The van der Waals surface area contributed by atoms with Crippen molar-refractivity contribution in [3.63, 3.8) is 0 Å². The lowest BCUT2D eigenvalue weighted by Crippen LogP contribution is -2.65. The molecule has 0 atom stereocenters. The van der Waals surface area contributed by atoms with E-state index in [1.807, 2.05) is 6.07 Å². The van der Waals surface area contributed by atoms with Gasteiger partial charge in [-0.1, -0.05) is 60.7 Å². The zero-order chi connectivity index (χ0) is 18.1. The molecule has 0 unspecified atom stereocenters. The van der Waals surface area contributed by atoms with E-state index in [2.05, 4.69) is 87.2 Å². The fraction of sp³-hybridized carbons (Fsp3) is 0.478. The topological polar surface area (TPSA) is 23.5 Å². The van der Waals surface area contributed by atoms with Gasteiger partial charge in [-0.15, -0.1) is 0 Å². The molecule has 2 aromatic rings. The molecule has 0 aliphatic carbocycles. The standard InChI is InChI=1S/C23H31NO/c1-21(2)17-23(25,15-19-11-7-5-8-12-19)18-22(3,4)24(21)16-20-13-9-6-10-14-20/h5-14,25H,15-18H2,1-4H3. The Bertz CT molecular complexity index is 673. The van der Waals surface area contributed by atoms with Crippen LogP contribution in [0.4, 0.5) is 0 Å². The molecule has 0 spiro atoms. The summed E-state index contributed by atoms with van der Waals surface area (Å²) in [7, 11) is 0. The van der Waals surface area contributed by atoms with Gasteiger partial charge in [0.25, 0.3) is 0 Å². The second-order valence-corrected chi connectivity index (χ2v) is 8.94. The Morgan fingerprint density at radius 2 is 1.20 bits per heavy atom. The number of likely N-dealkylation sites (tertiary alicyclic amines) is 1. The van der Waals surface area contributed by atoms with Crippen LogP contribution < -0.4 is 0 Å². The normalized spacial score (nSPS) is 21.8. The number of piperidine rings is 1. The van der Waals surface area contributed by atoms with Crippen molar-refractivity contribution in [2.45, 2.75) is 70.2 Å². The van der Waals surface area contributed by atoms with Gasteiger partial charge in [0.1, 0.15) is 0 Å². The van der Waals surface area contributed by atoms with Gasteiger partial charge in [0, 0.05) is 24.0 Å². The first kappa shape index (κ1) is 18.2. The molecular weight excluding hydrogens is 306 g/mol. The second-order valence-electron chi connectivity index (χ2n) is 8.94. The van der Waals surface area contributed by atoms with Crippen molar-refractivity contribution in [1.82, 2.24) is 4.90 Å². The SMILES string of the molecule is CC1(C)CC(O)(Cc2ccccc2)CC(C)(C)N1Cc1ccccc1. The van der Waals surface area contributed by atoms with Crippen LogP contribution in [0.3, 0.4) is 0 Å². The predicted octanol–water partition coefficient (Wildman–Crippen LogP) is 4.81. The molecule has 1 fully saturated rings. The molecule has 0 bridgehead atoms. The molecule has 0 aromatic heterocycles. The van der Waals surface area contributed by atoms with Gasteiger partial charge in [0.15, 0.2) is 0 Å². The van der Waals surface area contributed by atoms with Crippen LogP contribution in [0.25, 0.3) is 0 Å². The highest BCUT2D eigenvalue weighted by molar-refractivity contribution is 5.21. The molecule has 0 radical (unpaired) electrons. The molecule has 1 aliphatic heterocycles. The van der Waals surface area contributed by atoms with Gasteiger partial charge in [0.05, 0.1) is 5.60 Å². The first-order chi connectivity index (χ1) is 11.7. The Hall–Kier alpha value is -1.64. The van der Waals surface area contributed by atoms with Crippen molar-refractivity contribution in [1.29, 1.82) is 0 Å². The van der Waals surface area contributed by atoms with Gasteiger partial charge in [-0.2, -0.15) is 0 Å². The maximum Gasteiger partial charge on any atom is 0.0722 e. The minimum absolute atomic E-state index is 0.0683. The number of hydrogen-bond acceptors (Lipinski definition) is 2. The molecule has 134 valence electrons. The molecule has 2 aromatic carbocycles. The molecule has 1 N–H and O–H groups in total. The third-order valence-corrected chi connectivity index (χ3v) is 5.54. The lowest BCUT2D eigenvalue weighted by molar-refractivity contribution is -0.138. The minimum Gasteiger partial charge on any atom is -0.389 e. The number of hydrogen-bond donors (Lipinski definition) is 1. The van der Waals surface area contributed by atoms with Crippen molar-refractivity contribution in [3.8, 4) is 0 Å². The van der Waals surface area contributed by atoms with Crippen LogP contribution in [0, 0.1) is 0 Å². The number of rotatable bonds is 4. The van der Waals surface area contributed by atoms with Gasteiger partial charge < -0.3 is 5.11 Å². The zero-order valence-corrected chi connectivity index (χ0v) is 16.0. The van der Waals surface area contributed by atoms with Crippen molar-refractivity contribution < 1.29 is 5.11 Å². The molecule has 2 heteroatoms. The van der Waals surface area contributed by atoms with Crippen LogP contribution in [0.1, 0.15) is 51.7 Å². The van der Waals surface area contributed by atoms with Crippen molar-refractivity contribution in [2.24, 2.45) is 0 Å². The Kier molecular flexibility index (Phi) is 4.78. The van der Waals surface area contributed by atoms with Crippen LogP contribution >= 0.6 is 0 Å². The average molecular weight is 338 g/mol. The van der Waals surface area contributed by atoms with E-state index < -0.39 is 5.60 Å². The van der Waals surface area contributed by atoms with E-state index in [-0.39, 0.29) is 11.1 Å². The van der Waals surface area contributed by atoms with Crippen LogP contribution in [0.2, 0.25) is 0 Å². The molecule has 0 amide bonds. The van der Waals surface area contributed by atoms with E-state index in [4.69, 9.17) is 0 Å². The van der Waals surface area contributed by atoms with E-state index in [0.29, 0.717) is 0 Å². The van der Waals surface area contributed by atoms with Crippen LogP contribution in [0.5, 0.6) is 0 Å². The number of aliphatic hydroxyl groups is 1. The Morgan fingerprint density at radius 3 is 1.68 bits per heavy atom. The summed E-state index contributed by atoms with van der Waals surface area (Å²) >= 11 is 0. The quantitative estimate of drug-likeness (QED) is 0.865. The smallest absolute Gasteiger partial charge is 0.0722 e. The monoisotopic (exact) mass is 337 g/mol. The van der Waals surface area contributed by atoms with Crippen LogP contribution in [-0.4, -0.2) is 26.7 Å². The van der Waals surface area contributed by atoms with Gasteiger partial charge >= 0.3 is 0 Å². The fourth-order valence-corrected chi connectivity index (χ4v) is 4.98. The molecule has 1 saturated heterocycles. The highest BCUT2D eigenvalue weighted by atomic mass is 16.3. The first-order valence-corrected chi connectivity index (χ1v) is 9.28. The molecule has 2 nitrogen and oxygen atoms in total. The predicted molar refractivity (Wildman–Crippen MR) is 104 cm³/mol. The second kappa shape index (κ2) is 6.59. The van der Waals surface area contributed by atoms with E-state index in [1.165, 1.54) is 11.1 Å². The molecule has 1 heterocycles. The largest absolute Gasteiger partial charge is 0.389 e. The molecule has 1 aliphatic rings.